The van der Waals surface area contributed by atoms with Crippen molar-refractivity contribution in [3.63, 3.8) is 0 Å². The van der Waals surface area contributed by atoms with Gasteiger partial charge in [-0.3, -0.25) is 0 Å². The number of carbonyl (C=O) groups is 1. The molecular formula is C14H14ClNO4. The highest BCUT2D eigenvalue weighted by Crippen LogP contribution is 2.37. The fourth-order valence-corrected chi connectivity index (χ4v) is 1.75. The third-order valence-corrected chi connectivity index (χ3v) is 2.64. The zero-order valence-corrected chi connectivity index (χ0v) is 11.9. The molecule has 106 valence electrons. The Kier molecular flexibility index (Phi) is 5.88. The van der Waals surface area contributed by atoms with Gasteiger partial charge in [0.2, 0.25) is 0 Å². The van der Waals surface area contributed by atoms with Crippen LogP contribution in [0.25, 0.3) is 6.08 Å². The van der Waals surface area contributed by atoms with Gasteiger partial charge in [-0.15, -0.1) is 0 Å². The molecule has 6 heteroatoms. The van der Waals surface area contributed by atoms with E-state index in [4.69, 9.17) is 31.4 Å². The molecule has 20 heavy (non-hydrogen) atoms. The lowest BCUT2D eigenvalue weighted by Crippen LogP contribution is -2.00. The van der Waals surface area contributed by atoms with Crippen molar-refractivity contribution < 1.29 is 19.4 Å². The van der Waals surface area contributed by atoms with Crippen LogP contribution in [-0.2, 0) is 4.79 Å². The summed E-state index contributed by atoms with van der Waals surface area (Å²) in [5.41, 5.74) is 0.0694. The molecule has 0 saturated heterocycles. The van der Waals surface area contributed by atoms with E-state index in [1.807, 2.05) is 6.92 Å². The maximum absolute atomic E-state index is 10.8. The fourth-order valence-electron chi connectivity index (χ4n) is 1.48. The number of rotatable bonds is 6. The number of hydrogen-bond acceptors (Lipinski definition) is 4. The number of benzene rings is 1. The molecule has 0 aliphatic carbocycles. The Bertz CT molecular complexity index is 575. The van der Waals surface area contributed by atoms with Crippen molar-refractivity contribution in [3.8, 4) is 17.6 Å². The molecule has 1 aromatic rings. The first-order valence-electron chi connectivity index (χ1n) is 5.88. The monoisotopic (exact) mass is 295 g/mol. The van der Waals surface area contributed by atoms with Gasteiger partial charge in [0.1, 0.15) is 11.6 Å². The molecule has 0 atom stereocenters. The lowest BCUT2D eigenvalue weighted by molar-refractivity contribution is -0.132. The highest BCUT2D eigenvalue weighted by molar-refractivity contribution is 6.32. The van der Waals surface area contributed by atoms with E-state index in [1.165, 1.54) is 19.3 Å². The molecule has 0 unspecified atom stereocenters. The molecule has 5 nitrogen and oxygen atoms in total. The lowest BCUT2D eigenvalue weighted by atomic mass is 10.1. The zero-order chi connectivity index (χ0) is 15.1. The minimum absolute atomic E-state index is 0.298. The summed E-state index contributed by atoms with van der Waals surface area (Å²) in [5, 5.41) is 17.9. The van der Waals surface area contributed by atoms with Crippen molar-refractivity contribution in [1.29, 1.82) is 5.26 Å². The minimum Gasteiger partial charge on any atom is -0.493 e. The number of methoxy groups -OCH3 is 1. The number of nitriles is 1. The average Bonchev–Trinajstić information content (AvgIpc) is 2.42. The number of halogens is 1. The molecule has 1 aromatic carbocycles. The van der Waals surface area contributed by atoms with Crippen LogP contribution >= 0.6 is 11.6 Å². The predicted molar refractivity (Wildman–Crippen MR) is 75.0 cm³/mol. The first kappa shape index (κ1) is 15.9. The molecule has 0 radical (unpaired) electrons. The smallest absolute Gasteiger partial charge is 0.346 e. The molecule has 0 spiro atoms. The topological polar surface area (TPSA) is 79.5 Å². The first-order chi connectivity index (χ1) is 9.53. The van der Waals surface area contributed by atoms with Crippen LogP contribution in [0, 0.1) is 11.3 Å². The van der Waals surface area contributed by atoms with Crippen molar-refractivity contribution in [3.05, 3.63) is 28.3 Å². The van der Waals surface area contributed by atoms with Crippen LogP contribution in [0.1, 0.15) is 18.9 Å². The summed E-state index contributed by atoms with van der Waals surface area (Å²) in [6.45, 7) is 2.45. The summed E-state index contributed by atoms with van der Waals surface area (Å²) in [6, 6.07) is 4.69. The van der Waals surface area contributed by atoms with E-state index in [0.29, 0.717) is 28.7 Å². The SMILES string of the molecule is CCCOc1c(Cl)cc(C=C(C#N)C(=O)O)cc1OC. The Morgan fingerprint density at radius 2 is 2.25 bits per heavy atom. The largest absolute Gasteiger partial charge is 0.493 e. The van der Waals surface area contributed by atoms with Crippen LogP contribution in [0.4, 0.5) is 0 Å². The van der Waals surface area contributed by atoms with Crippen LogP contribution in [0.3, 0.4) is 0 Å². The van der Waals surface area contributed by atoms with Gasteiger partial charge in [-0.25, -0.2) is 4.79 Å². The molecule has 0 aliphatic rings. The van der Waals surface area contributed by atoms with Crippen LogP contribution < -0.4 is 9.47 Å². The van der Waals surface area contributed by atoms with Gasteiger partial charge < -0.3 is 14.6 Å². The summed E-state index contributed by atoms with van der Waals surface area (Å²) in [7, 11) is 1.46. The van der Waals surface area contributed by atoms with Crippen molar-refractivity contribution in [2.45, 2.75) is 13.3 Å². The van der Waals surface area contributed by atoms with E-state index in [1.54, 1.807) is 12.1 Å². The van der Waals surface area contributed by atoms with Gasteiger partial charge in [-0.05, 0) is 30.2 Å². The van der Waals surface area contributed by atoms with Gasteiger partial charge in [0.25, 0.3) is 0 Å². The van der Waals surface area contributed by atoms with E-state index >= 15 is 0 Å². The van der Waals surface area contributed by atoms with Gasteiger partial charge in [-0.1, -0.05) is 18.5 Å². The Balaban J connectivity index is 3.23. The summed E-state index contributed by atoms with van der Waals surface area (Å²) in [6.07, 6.45) is 2.04. The van der Waals surface area contributed by atoms with Gasteiger partial charge in [0.15, 0.2) is 11.5 Å². The molecule has 0 amide bonds. The van der Waals surface area contributed by atoms with Crippen molar-refractivity contribution in [2.24, 2.45) is 0 Å². The molecule has 0 fully saturated rings. The first-order valence-corrected chi connectivity index (χ1v) is 6.26. The predicted octanol–water partition coefficient (Wildman–Crippen LogP) is 3.13. The van der Waals surface area contributed by atoms with Crippen LogP contribution in [0.15, 0.2) is 17.7 Å². The number of nitrogens with zero attached hydrogens (tertiary/aromatic N) is 1. The third-order valence-electron chi connectivity index (χ3n) is 2.36. The lowest BCUT2D eigenvalue weighted by Gasteiger charge is -2.12. The van der Waals surface area contributed by atoms with Gasteiger partial charge in [0.05, 0.1) is 18.7 Å². The Hall–Kier alpha value is -2.19. The maximum atomic E-state index is 10.8. The average molecular weight is 296 g/mol. The minimum atomic E-state index is -1.30. The van der Waals surface area contributed by atoms with E-state index in [0.717, 1.165) is 6.42 Å². The van der Waals surface area contributed by atoms with Crippen molar-refractivity contribution >= 4 is 23.6 Å². The second-order valence-electron chi connectivity index (χ2n) is 3.86. The summed E-state index contributed by atoms with van der Waals surface area (Å²) in [5.74, 6) is -0.504. The van der Waals surface area contributed by atoms with Gasteiger partial charge in [0, 0.05) is 0 Å². The number of ether oxygens (including phenoxy) is 2. The fraction of sp³-hybridized carbons (Fsp3) is 0.286. The second-order valence-corrected chi connectivity index (χ2v) is 4.26. The van der Waals surface area contributed by atoms with Crippen molar-refractivity contribution in [1.82, 2.24) is 0 Å². The van der Waals surface area contributed by atoms with E-state index < -0.39 is 5.97 Å². The highest BCUT2D eigenvalue weighted by atomic mass is 35.5. The van der Waals surface area contributed by atoms with Crippen molar-refractivity contribution in [2.75, 3.05) is 13.7 Å². The third kappa shape index (κ3) is 3.90. The number of carboxylic acids is 1. The number of carboxylic acid groups (broad SMARTS) is 1. The van der Waals surface area contributed by atoms with Gasteiger partial charge in [-0.2, -0.15) is 5.26 Å². The quantitative estimate of drug-likeness (QED) is 0.644. The maximum Gasteiger partial charge on any atom is 0.346 e. The molecule has 1 rings (SSSR count). The molecule has 1 N–H and O–H groups in total. The molecule has 0 aromatic heterocycles. The molecule has 0 aliphatic heterocycles. The Labute approximate surface area is 122 Å². The van der Waals surface area contributed by atoms with Crippen LogP contribution in [0.5, 0.6) is 11.5 Å². The van der Waals surface area contributed by atoms with Crippen LogP contribution in [-0.4, -0.2) is 24.8 Å². The summed E-state index contributed by atoms with van der Waals surface area (Å²) in [4.78, 5) is 10.8. The number of hydrogen-bond donors (Lipinski definition) is 1. The normalized spacial score (nSPS) is 10.8. The van der Waals surface area contributed by atoms with E-state index in [2.05, 4.69) is 0 Å². The highest BCUT2D eigenvalue weighted by Gasteiger charge is 2.13. The van der Waals surface area contributed by atoms with E-state index in [9.17, 15) is 4.79 Å². The molecule has 0 heterocycles. The Morgan fingerprint density at radius 3 is 2.75 bits per heavy atom. The number of aliphatic carboxylic acids is 1. The summed E-state index contributed by atoms with van der Waals surface area (Å²) >= 11 is 6.09. The zero-order valence-electron chi connectivity index (χ0n) is 11.1. The second kappa shape index (κ2) is 7.41. The molecular weight excluding hydrogens is 282 g/mol. The summed E-state index contributed by atoms with van der Waals surface area (Å²) < 4.78 is 10.7. The van der Waals surface area contributed by atoms with Gasteiger partial charge >= 0.3 is 5.97 Å². The molecule has 0 bridgehead atoms. The van der Waals surface area contributed by atoms with E-state index in [-0.39, 0.29) is 5.57 Å². The van der Waals surface area contributed by atoms with Crippen LogP contribution in [0.2, 0.25) is 5.02 Å². The Morgan fingerprint density at radius 1 is 1.55 bits per heavy atom. The standard InChI is InChI=1S/C14H14ClNO4/c1-3-4-20-13-11(15)6-9(7-12(13)19-2)5-10(8-16)14(17)18/h5-7H,3-4H2,1-2H3,(H,17,18). The molecule has 0 saturated carbocycles.